The summed E-state index contributed by atoms with van der Waals surface area (Å²) in [4.78, 5) is 29.0. The molecule has 0 bridgehead atoms. The number of hydrogen-bond donors (Lipinski definition) is 1. The SMILES string of the molecule is COc1ccc(NC2=C(Sc3ccccc3)C(=O)N(c3cc(Cl)cc(Cl)c3)C2=O)c(OC)c1. The lowest BCUT2D eigenvalue weighted by Crippen LogP contribution is -2.32. The van der Waals surface area contributed by atoms with Crippen molar-refractivity contribution in [1.82, 2.24) is 0 Å². The standard InChI is InChI=1S/C24H18Cl2N2O4S/c1-31-17-8-9-19(20(13-17)32-2)27-21-22(33-18-6-4-3-5-7-18)24(30)28(23(21)29)16-11-14(25)10-15(26)12-16/h3-13,27H,1-2H3. The molecule has 6 nitrogen and oxygen atoms in total. The number of nitrogens with one attached hydrogen (secondary N) is 1. The summed E-state index contributed by atoms with van der Waals surface area (Å²) in [6.07, 6.45) is 0. The average molecular weight is 501 g/mol. The van der Waals surface area contributed by atoms with Gasteiger partial charge in [-0.25, -0.2) is 4.90 Å². The van der Waals surface area contributed by atoms with Crippen LogP contribution >= 0.6 is 35.0 Å². The van der Waals surface area contributed by atoms with Gasteiger partial charge in [-0.05, 0) is 42.5 Å². The van der Waals surface area contributed by atoms with Gasteiger partial charge in [-0.3, -0.25) is 9.59 Å². The largest absolute Gasteiger partial charge is 0.497 e. The molecule has 4 rings (SSSR count). The van der Waals surface area contributed by atoms with Crippen LogP contribution < -0.4 is 19.7 Å². The van der Waals surface area contributed by atoms with Crippen LogP contribution in [0.4, 0.5) is 11.4 Å². The molecular weight excluding hydrogens is 483 g/mol. The highest BCUT2D eigenvalue weighted by atomic mass is 35.5. The highest BCUT2D eigenvalue weighted by molar-refractivity contribution is 8.04. The summed E-state index contributed by atoms with van der Waals surface area (Å²) in [5, 5.41) is 3.72. The van der Waals surface area contributed by atoms with E-state index in [1.54, 1.807) is 25.3 Å². The van der Waals surface area contributed by atoms with E-state index < -0.39 is 11.8 Å². The van der Waals surface area contributed by atoms with Crippen LogP contribution in [0.15, 0.2) is 82.2 Å². The lowest BCUT2D eigenvalue weighted by molar-refractivity contribution is -0.120. The molecule has 0 saturated carbocycles. The molecule has 0 radical (unpaired) electrons. The molecular formula is C24H18Cl2N2O4S. The van der Waals surface area contributed by atoms with Gasteiger partial charge in [-0.15, -0.1) is 0 Å². The molecule has 0 atom stereocenters. The molecule has 168 valence electrons. The normalized spacial score (nSPS) is 13.5. The number of carbonyl (C=O) groups excluding carboxylic acids is 2. The number of imide groups is 1. The van der Waals surface area contributed by atoms with Crippen LogP contribution in [-0.2, 0) is 9.59 Å². The van der Waals surface area contributed by atoms with E-state index in [9.17, 15) is 9.59 Å². The van der Waals surface area contributed by atoms with Crippen molar-refractivity contribution in [3.8, 4) is 11.5 Å². The van der Waals surface area contributed by atoms with Crippen molar-refractivity contribution in [3.05, 3.63) is 87.4 Å². The third-order valence-electron chi connectivity index (χ3n) is 4.78. The molecule has 3 aromatic rings. The molecule has 9 heteroatoms. The molecule has 33 heavy (non-hydrogen) atoms. The van der Waals surface area contributed by atoms with Gasteiger partial charge in [0.05, 0.1) is 25.6 Å². The molecule has 1 heterocycles. The molecule has 0 fully saturated rings. The van der Waals surface area contributed by atoms with Crippen LogP contribution in [0.1, 0.15) is 0 Å². The molecule has 1 N–H and O–H groups in total. The molecule has 0 aromatic heterocycles. The zero-order valence-corrected chi connectivity index (χ0v) is 19.9. The monoisotopic (exact) mass is 500 g/mol. The van der Waals surface area contributed by atoms with Crippen LogP contribution in [0.2, 0.25) is 10.0 Å². The number of rotatable bonds is 7. The third kappa shape index (κ3) is 4.80. The predicted molar refractivity (Wildman–Crippen MR) is 131 cm³/mol. The van der Waals surface area contributed by atoms with Crippen molar-refractivity contribution < 1.29 is 19.1 Å². The fourth-order valence-electron chi connectivity index (χ4n) is 3.26. The van der Waals surface area contributed by atoms with E-state index in [-0.39, 0.29) is 16.3 Å². The summed E-state index contributed by atoms with van der Waals surface area (Å²) in [6.45, 7) is 0. The Balaban J connectivity index is 1.78. The first-order chi connectivity index (χ1) is 15.9. The number of halogens is 2. The Morgan fingerprint density at radius 1 is 0.848 bits per heavy atom. The quantitative estimate of drug-likeness (QED) is 0.401. The zero-order chi connectivity index (χ0) is 23.5. The Labute approximate surface area is 205 Å². The van der Waals surface area contributed by atoms with Crippen molar-refractivity contribution in [3.63, 3.8) is 0 Å². The van der Waals surface area contributed by atoms with Crippen LogP contribution in [0.5, 0.6) is 11.5 Å². The van der Waals surface area contributed by atoms with Gasteiger partial charge in [-0.1, -0.05) is 53.2 Å². The van der Waals surface area contributed by atoms with Crippen LogP contribution in [0, 0.1) is 0 Å². The summed E-state index contributed by atoms with van der Waals surface area (Å²) < 4.78 is 10.7. The van der Waals surface area contributed by atoms with Crippen molar-refractivity contribution >= 4 is 58.2 Å². The van der Waals surface area contributed by atoms with Gasteiger partial charge in [0.15, 0.2) is 0 Å². The fraction of sp³-hybridized carbons (Fsp3) is 0.0833. The Morgan fingerprint density at radius 3 is 2.18 bits per heavy atom. The minimum absolute atomic E-state index is 0.119. The Hall–Kier alpha value is -3.13. The van der Waals surface area contributed by atoms with E-state index in [0.717, 1.165) is 9.80 Å². The number of methoxy groups -OCH3 is 2. The number of ether oxygens (including phenoxy) is 2. The summed E-state index contributed by atoms with van der Waals surface area (Å²) in [7, 11) is 3.06. The molecule has 0 spiro atoms. The van der Waals surface area contributed by atoms with E-state index >= 15 is 0 Å². The number of anilines is 2. The van der Waals surface area contributed by atoms with Crippen molar-refractivity contribution in [1.29, 1.82) is 0 Å². The van der Waals surface area contributed by atoms with Crippen LogP contribution in [-0.4, -0.2) is 26.0 Å². The Morgan fingerprint density at radius 2 is 1.55 bits per heavy atom. The maximum absolute atomic E-state index is 13.5. The summed E-state index contributed by atoms with van der Waals surface area (Å²) in [5.74, 6) is 0.0292. The van der Waals surface area contributed by atoms with E-state index in [4.69, 9.17) is 32.7 Å². The smallest absolute Gasteiger partial charge is 0.283 e. The van der Waals surface area contributed by atoms with E-state index in [1.807, 2.05) is 30.3 Å². The van der Waals surface area contributed by atoms with E-state index in [1.165, 1.54) is 37.1 Å². The second-order valence-corrected chi connectivity index (χ2v) is 8.84. The Kier molecular flexibility index (Phi) is 6.83. The average Bonchev–Trinajstić information content (AvgIpc) is 3.03. The summed E-state index contributed by atoms with van der Waals surface area (Å²) in [6, 6.07) is 19.0. The van der Waals surface area contributed by atoms with Crippen molar-refractivity contribution in [2.45, 2.75) is 4.90 Å². The predicted octanol–water partition coefficient (Wildman–Crippen LogP) is 6.00. The van der Waals surface area contributed by atoms with Crippen molar-refractivity contribution in [2.24, 2.45) is 0 Å². The first-order valence-corrected chi connectivity index (χ1v) is 11.3. The number of nitrogens with zero attached hydrogens (tertiary/aromatic N) is 1. The first-order valence-electron chi connectivity index (χ1n) is 9.72. The number of amides is 2. The van der Waals surface area contributed by atoms with Crippen LogP contribution in [0.3, 0.4) is 0 Å². The minimum Gasteiger partial charge on any atom is -0.497 e. The van der Waals surface area contributed by atoms with Gasteiger partial charge in [0, 0.05) is 21.0 Å². The van der Waals surface area contributed by atoms with Gasteiger partial charge in [-0.2, -0.15) is 0 Å². The number of carbonyl (C=O) groups is 2. The second-order valence-electron chi connectivity index (χ2n) is 6.88. The summed E-state index contributed by atoms with van der Waals surface area (Å²) >= 11 is 13.4. The number of thioether (sulfide) groups is 1. The topological polar surface area (TPSA) is 67.9 Å². The molecule has 0 unspecified atom stereocenters. The van der Waals surface area contributed by atoms with Gasteiger partial charge in [0.2, 0.25) is 0 Å². The molecule has 0 saturated heterocycles. The lowest BCUT2D eigenvalue weighted by Gasteiger charge is -2.16. The van der Waals surface area contributed by atoms with Gasteiger partial charge in [0.25, 0.3) is 11.8 Å². The first kappa shape index (κ1) is 23.0. The molecule has 0 aliphatic carbocycles. The fourth-order valence-corrected chi connectivity index (χ4v) is 4.72. The molecule has 1 aliphatic rings. The van der Waals surface area contributed by atoms with Crippen molar-refractivity contribution in [2.75, 3.05) is 24.4 Å². The lowest BCUT2D eigenvalue weighted by atomic mass is 10.2. The Bertz CT molecular complexity index is 1240. The van der Waals surface area contributed by atoms with Crippen LogP contribution in [0.25, 0.3) is 0 Å². The third-order valence-corrected chi connectivity index (χ3v) is 6.31. The minimum atomic E-state index is -0.533. The molecule has 3 aromatic carbocycles. The van der Waals surface area contributed by atoms with E-state index in [0.29, 0.717) is 27.2 Å². The van der Waals surface area contributed by atoms with Gasteiger partial charge < -0.3 is 14.8 Å². The second kappa shape index (κ2) is 9.79. The highest BCUT2D eigenvalue weighted by Gasteiger charge is 2.40. The summed E-state index contributed by atoms with van der Waals surface area (Å²) in [5.41, 5.74) is 0.909. The van der Waals surface area contributed by atoms with E-state index in [2.05, 4.69) is 5.32 Å². The maximum atomic E-state index is 13.5. The molecule has 1 aliphatic heterocycles. The number of hydrogen-bond acceptors (Lipinski definition) is 6. The van der Waals surface area contributed by atoms with Gasteiger partial charge in [0.1, 0.15) is 22.1 Å². The number of benzene rings is 3. The van der Waals surface area contributed by atoms with Gasteiger partial charge >= 0.3 is 0 Å². The maximum Gasteiger partial charge on any atom is 0.283 e. The molecule has 2 amide bonds. The zero-order valence-electron chi connectivity index (χ0n) is 17.6. The highest BCUT2D eigenvalue weighted by Crippen LogP contribution is 2.40.